The number of hydrogen-bond donors (Lipinski definition) is 2. The van der Waals surface area contributed by atoms with Crippen molar-refractivity contribution < 1.29 is 10.0 Å². The Balaban J connectivity index is 2.59. The first-order valence-electron chi connectivity index (χ1n) is 3.15. The Labute approximate surface area is 60.4 Å². The van der Waals surface area contributed by atoms with Crippen molar-refractivity contribution >= 4 is 7.12 Å². The Bertz CT molecular complexity index is 177. The van der Waals surface area contributed by atoms with Gasteiger partial charge in [-0.2, -0.15) is 0 Å². The van der Waals surface area contributed by atoms with E-state index in [0.717, 1.165) is 6.54 Å². The molecule has 0 bridgehead atoms. The van der Waals surface area contributed by atoms with Crippen LogP contribution in [0.2, 0.25) is 0 Å². The van der Waals surface area contributed by atoms with Crippen molar-refractivity contribution in [2.24, 2.45) is 0 Å². The van der Waals surface area contributed by atoms with Crippen LogP contribution in [0.15, 0.2) is 23.8 Å². The Morgan fingerprint density at radius 2 is 2.30 bits per heavy atom. The molecule has 0 saturated carbocycles. The fourth-order valence-corrected chi connectivity index (χ4v) is 0.783. The molecule has 0 aliphatic carbocycles. The van der Waals surface area contributed by atoms with E-state index in [1.165, 1.54) is 0 Å². The molecule has 1 aliphatic rings. The third kappa shape index (κ3) is 1.62. The maximum absolute atomic E-state index is 8.68. The molecule has 1 heterocycles. The van der Waals surface area contributed by atoms with Crippen LogP contribution in [0.1, 0.15) is 0 Å². The van der Waals surface area contributed by atoms with Crippen LogP contribution >= 0.6 is 0 Å². The molecule has 0 fully saturated rings. The van der Waals surface area contributed by atoms with Crippen LogP contribution in [0, 0.1) is 0 Å². The molecule has 4 heteroatoms. The number of likely N-dealkylation sites (N-methyl/N-ethyl adjacent to an activating group) is 1. The van der Waals surface area contributed by atoms with Crippen LogP contribution in [-0.4, -0.2) is 35.7 Å². The zero-order chi connectivity index (χ0) is 7.56. The molecule has 0 aromatic carbocycles. The highest BCUT2D eigenvalue weighted by atomic mass is 16.4. The van der Waals surface area contributed by atoms with E-state index in [2.05, 4.69) is 0 Å². The average Bonchev–Trinajstić information content (AvgIpc) is 1.88. The Hall–Kier alpha value is -0.735. The van der Waals surface area contributed by atoms with E-state index < -0.39 is 7.12 Å². The largest absolute Gasteiger partial charge is 0.488 e. The standard InChI is InChI=1S/C6H10BNO2/c1-8-4-2-6(3-5-8)7(9)10/h2-4,9-10H,5H2,1H3. The maximum Gasteiger partial charge on any atom is 0.488 e. The summed E-state index contributed by atoms with van der Waals surface area (Å²) < 4.78 is 0. The van der Waals surface area contributed by atoms with Crippen molar-refractivity contribution in [3.63, 3.8) is 0 Å². The van der Waals surface area contributed by atoms with Gasteiger partial charge < -0.3 is 14.9 Å². The van der Waals surface area contributed by atoms with Gasteiger partial charge >= 0.3 is 7.12 Å². The lowest BCUT2D eigenvalue weighted by Gasteiger charge is -2.16. The summed E-state index contributed by atoms with van der Waals surface area (Å²) >= 11 is 0. The van der Waals surface area contributed by atoms with Crippen LogP contribution in [-0.2, 0) is 0 Å². The molecular formula is C6H10BNO2. The van der Waals surface area contributed by atoms with Crippen molar-refractivity contribution in [2.45, 2.75) is 0 Å². The van der Waals surface area contributed by atoms with Gasteiger partial charge in [0.05, 0.1) is 0 Å². The molecule has 0 spiro atoms. The molecule has 0 radical (unpaired) electrons. The lowest BCUT2D eigenvalue weighted by Crippen LogP contribution is -2.21. The van der Waals surface area contributed by atoms with E-state index in [-0.39, 0.29) is 0 Å². The molecule has 0 aromatic rings. The van der Waals surface area contributed by atoms with E-state index >= 15 is 0 Å². The van der Waals surface area contributed by atoms with Crippen molar-refractivity contribution in [3.8, 4) is 0 Å². The van der Waals surface area contributed by atoms with Crippen LogP contribution in [0.5, 0.6) is 0 Å². The lowest BCUT2D eigenvalue weighted by molar-refractivity contribution is 0.418. The monoisotopic (exact) mass is 139 g/mol. The normalized spacial score (nSPS) is 17.1. The quantitative estimate of drug-likeness (QED) is 0.476. The van der Waals surface area contributed by atoms with Gasteiger partial charge in [-0.25, -0.2) is 0 Å². The second-order valence-corrected chi connectivity index (χ2v) is 2.33. The van der Waals surface area contributed by atoms with E-state index in [1.54, 1.807) is 12.2 Å². The third-order valence-electron chi connectivity index (χ3n) is 1.43. The van der Waals surface area contributed by atoms with Crippen molar-refractivity contribution in [3.05, 3.63) is 23.8 Å². The van der Waals surface area contributed by atoms with Crippen molar-refractivity contribution in [1.29, 1.82) is 0 Å². The minimum absolute atomic E-state index is 0.568. The predicted molar refractivity (Wildman–Crippen MR) is 40.0 cm³/mol. The van der Waals surface area contributed by atoms with E-state index in [4.69, 9.17) is 10.0 Å². The van der Waals surface area contributed by atoms with Gasteiger partial charge in [-0.05, 0) is 17.7 Å². The van der Waals surface area contributed by atoms with E-state index in [0.29, 0.717) is 5.47 Å². The first-order valence-corrected chi connectivity index (χ1v) is 3.15. The molecule has 0 aromatic heterocycles. The fourth-order valence-electron chi connectivity index (χ4n) is 0.783. The first kappa shape index (κ1) is 7.37. The van der Waals surface area contributed by atoms with Crippen LogP contribution in [0.25, 0.3) is 0 Å². The Kier molecular flexibility index (Phi) is 2.14. The molecule has 10 heavy (non-hydrogen) atoms. The SMILES string of the molecule is CN1C=CC(B(O)O)=CC1. The first-order chi connectivity index (χ1) is 4.70. The summed E-state index contributed by atoms with van der Waals surface area (Å²) in [6.07, 6.45) is 5.29. The van der Waals surface area contributed by atoms with Gasteiger partial charge in [-0.15, -0.1) is 0 Å². The topological polar surface area (TPSA) is 43.7 Å². The predicted octanol–water partition coefficient (Wildman–Crippen LogP) is -0.616. The second kappa shape index (κ2) is 2.90. The summed E-state index contributed by atoms with van der Waals surface area (Å²) in [6, 6.07) is 0. The number of allylic oxidation sites excluding steroid dienone is 2. The minimum Gasteiger partial charge on any atom is -0.423 e. The Morgan fingerprint density at radius 3 is 2.70 bits per heavy atom. The van der Waals surface area contributed by atoms with Gasteiger partial charge in [0.2, 0.25) is 0 Å². The zero-order valence-electron chi connectivity index (χ0n) is 5.86. The molecule has 1 aliphatic heterocycles. The second-order valence-electron chi connectivity index (χ2n) is 2.33. The molecule has 0 atom stereocenters. The van der Waals surface area contributed by atoms with Crippen molar-refractivity contribution in [2.75, 3.05) is 13.6 Å². The highest BCUT2D eigenvalue weighted by molar-refractivity contribution is 6.51. The minimum atomic E-state index is -1.33. The van der Waals surface area contributed by atoms with E-state index in [9.17, 15) is 0 Å². The lowest BCUT2D eigenvalue weighted by atomic mass is 9.78. The Morgan fingerprint density at radius 1 is 1.60 bits per heavy atom. The number of nitrogens with zero attached hydrogens (tertiary/aromatic N) is 1. The number of hydrogen-bond acceptors (Lipinski definition) is 3. The van der Waals surface area contributed by atoms with Gasteiger partial charge in [-0.1, -0.05) is 6.08 Å². The summed E-state index contributed by atoms with van der Waals surface area (Å²) in [6.45, 7) is 0.740. The summed E-state index contributed by atoms with van der Waals surface area (Å²) in [7, 11) is 0.595. The molecular weight excluding hydrogens is 129 g/mol. The van der Waals surface area contributed by atoms with Crippen LogP contribution in [0.4, 0.5) is 0 Å². The smallest absolute Gasteiger partial charge is 0.423 e. The van der Waals surface area contributed by atoms with Gasteiger partial charge in [0, 0.05) is 13.6 Å². The van der Waals surface area contributed by atoms with Crippen molar-refractivity contribution in [1.82, 2.24) is 4.90 Å². The molecule has 54 valence electrons. The molecule has 3 nitrogen and oxygen atoms in total. The summed E-state index contributed by atoms with van der Waals surface area (Å²) in [5.41, 5.74) is 0.568. The maximum atomic E-state index is 8.68. The average molecular weight is 139 g/mol. The third-order valence-corrected chi connectivity index (χ3v) is 1.43. The zero-order valence-corrected chi connectivity index (χ0v) is 5.86. The molecule has 0 unspecified atom stereocenters. The van der Waals surface area contributed by atoms with Gasteiger partial charge in [0.15, 0.2) is 0 Å². The molecule has 0 amide bonds. The number of rotatable bonds is 1. The summed E-state index contributed by atoms with van der Waals surface area (Å²) in [5, 5.41) is 17.4. The van der Waals surface area contributed by atoms with Gasteiger partial charge in [0.1, 0.15) is 0 Å². The summed E-state index contributed by atoms with van der Waals surface area (Å²) in [5.74, 6) is 0. The molecule has 1 rings (SSSR count). The highest BCUT2D eigenvalue weighted by Crippen LogP contribution is 2.05. The molecule has 0 saturated heterocycles. The fraction of sp³-hybridized carbons (Fsp3) is 0.333. The van der Waals surface area contributed by atoms with Crippen LogP contribution < -0.4 is 0 Å². The van der Waals surface area contributed by atoms with E-state index in [1.807, 2.05) is 18.1 Å². The molecule has 2 N–H and O–H groups in total. The summed E-state index contributed by atoms with van der Waals surface area (Å²) in [4.78, 5) is 1.95. The van der Waals surface area contributed by atoms with Crippen LogP contribution in [0.3, 0.4) is 0 Å². The van der Waals surface area contributed by atoms with Gasteiger partial charge in [-0.3, -0.25) is 0 Å². The highest BCUT2D eigenvalue weighted by Gasteiger charge is 2.13. The van der Waals surface area contributed by atoms with Gasteiger partial charge in [0.25, 0.3) is 0 Å².